The Labute approximate surface area is 90.1 Å². The summed E-state index contributed by atoms with van der Waals surface area (Å²) in [5, 5.41) is 7.79. The number of nitrogens with one attached hydrogen (secondary N) is 1. The highest BCUT2D eigenvalue weighted by Gasteiger charge is 2.22. The molecule has 1 N–H and O–H groups in total. The molecular formula is C12H16N2O. The molecule has 0 aliphatic carbocycles. The van der Waals surface area contributed by atoms with E-state index in [0.29, 0.717) is 5.71 Å². The Kier molecular flexibility index (Phi) is 3.35. The van der Waals surface area contributed by atoms with Crippen molar-refractivity contribution in [3.63, 3.8) is 0 Å². The zero-order valence-corrected chi connectivity index (χ0v) is 9.37. The van der Waals surface area contributed by atoms with E-state index in [1.807, 2.05) is 20.8 Å². The van der Waals surface area contributed by atoms with Crippen molar-refractivity contribution in [2.75, 3.05) is 0 Å². The first-order valence-electron chi connectivity index (χ1n) is 4.92. The van der Waals surface area contributed by atoms with Crippen LogP contribution in [0.25, 0.3) is 0 Å². The minimum absolute atomic E-state index is 0.0873. The van der Waals surface area contributed by atoms with Crippen molar-refractivity contribution >= 4 is 11.5 Å². The van der Waals surface area contributed by atoms with Gasteiger partial charge < -0.3 is 5.41 Å². The van der Waals surface area contributed by atoms with Crippen molar-refractivity contribution < 1.29 is 4.79 Å². The van der Waals surface area contributed by atoms with E-state index in [9.17, 15) is 4.79 Å². The van der Waals surface area contributed by atoms with Crippen LogP contribution in [0.3, 0.4) is 0 Å². The molecule has 80 valence electrons. The molecule has 0 fully saturated rings. The number of ketones is 1. The molecule has 1 aromatic heterocycles. The molecule has 3 nitrogen and oxygen atoms in total. The highest BCUT2D eigenvalue weighted by atomic mass is 16.1. The fourth-order valence-corrected chi connectivity index (χ4v) is 1.08. The first-order valence-corrected chi connectivity index (χ1v) is 4.92. The number of carbonyl (C=O) groups excluding carboxylic acids is 1. The molecule has 1 rings (SSSR count). The Morgan fingerprint density at radius 1 is 1.33 bits per heavy atom. The summed E-state index contributed by atoms with van der Waals surface area (Å²) in [5.41, 5.74) is 0.749. The lowest BCUT2D eigenvalue weighted by Gasteiger charge is -2.16. The number of nitrogens with zero attached hydrogens (tertiary/aromatic N) is 1. The highest BCUT2D eigenvalue weighted by molar-refractivity contribution is 6.10. The molecule has 3 heteroatoms. The summed E-state index contributed by atoms with van der Waals surface area (Å²) >= 11 is 0. The van der Waals surface area contributed by atoms with Crippen LogP contribution in [0.4, 0.5) is 0 Å². The van der Waals surface area contributed by atoms with E-state index in [-0.39, 0.29) is 17.6 Å². The van der Waals surface area contributed by atoms with Crippen LogP contribution in [0, 0.1) is 10.8 Å². The molecule has 0 saturated heterocycles. The lowest BCUT2D eigenvalue weighted by molar-refractivity contribution is -0.125. The normalized spacial score (nSPS) is 11.1. The van der Waals surface area contributed by atoms with Gasteiger partial charge in [-0.25, -0.2) is 0 Å². The minimum atomic E-state index is -0.376. The minimum Gasteiger partial charge on any atom is -0.304 e. The Morgan fingerprint density at radius 2 is 1.87 bits per heavy atom. The molecule has 0 unspecified atom stereocenters. The van der Waals surface area contributed by atoms with Gasteiger partial charge in [-0.15, -0.1) is 0 Å². The van der Waals surface area contributed by atoms with Gasteiger partial charge in [-0.05, 0) is 17.7 Å². The van der Waals surface area contributed by atoms with Crippen molar-refractivity contribution in [2.24, 2.45) is 5.41 Å². The van der Waals surface area contributed by atoms with Crippen LogP contribution >= 0.6 is 0 Å². The molecule has 15 heavy (non-hydrogen) atoms. The van der Waals surface area contributed by atoms with E-state index in [0.717, 1.165) is 5.56 Å². The number of rotatable bonds is 3. The molecular weight excluding hydrogens is 188 g/mol. The predicted octanol–water partition coefficient (Wildman–Crippen LogP) is 2.45. The first-order chi connectivity index (χ1) is 6.91. The van der Waals surface area contributed by atoms with Crippen LogP contribution in [0.1, 0.15) is 32.8 Å². The van der Waals surface area contributed by atoms with E-state index in [4.69, 9.17) is 5.41 Å². The molecule has 1 heterocycles. The van der Waals surface area contributed by atoms with Crippen molar-refractivity contribution in [3.05, 3.63) is 30.1 Å². The maximum atomic E-state index is 11.7. The van der Waals surface area contributed by atoms with E-state index < -0.39 is 0 Å². The smallest absolute Gasteiger partial charge is 0.144 e. The molecule has 0 aliphatic heterocycles. The summed E-state index contributed by atoms with van der Waals surface area (Å²) in [4.78, 5) is 15.6. The van der Waals surface area contributed by atoms with Crippen LogP contribution in [-0.2, 0) is 4.79 Å². The van der Waals surface area contributed by atoms with Gasteiger partial charge >= 0.3 is 0 Å². The van der Waals surface area contributed by atoms with Gasteiger partial charge in [-0.1, -0.05) is 20.8 Å². The zero-order valence-electron chi connectivity index (χ0n) is 9.37. The maximum absolute atomic E-state index is 11.7. The topological polar surface area (TPSA) is 53.8 Å². The average molecular weight is 204 g/mol. The molecule has 0 amide bonds. The van der Waals surface area contributed by atoms with Gasteiger partial charge in [-0.2, -0.15) is 0 Å². The predicted molar refractivity (Wildman–Crippen MR) is 60.1 cm³/mol. The van der Waals surface area contributed by atoms with Gasteiger partial charge in [0.1, 0.15) is 5.78 Å². The number of Topliss-reactive ketones (excluding diaryl/α,β-unsaturated/α-hetero) is 1. The molecule has 1 aromatic rings. The summed E-state index contributed by atoms with van der Waals surface area (Å²) in [6.45, 7) is 5.61. The number of hydrogen-bond acceptors (Lipinski definition) is 3. The highest BCUT2D eigenvalue weighted by Crippen LogP contribution is 2.18. The van der Waals surface area contributed by atoms with Crippen molar-refractivity contribution in [1.82, 2.24) is 4.98 Å². The second-order valence-electron chi connectivity index (χ2n) is 4.56. The quantitative estimate of drug-likeness (QED) is 0.769. The molecule has 0 aliphatic rings. The van der Waals surface area contributed by atoms with Crippen molar-refractivity contribution in [3.8, 4) is 0 Å². The Hall–Kier alpha value is -1.51. The summed E-state index contributed by atoms with van der Waals surface area (Å²) < 4.78 is 0. The molecule has 0 aromatic carbocycles. The number of aromatic nitrogens is 1. The van der Waals surface area contributed by atoms with Gasteiger partial charge in [0.2, 0.25) is 0 Å². The largest absolute Gasteiger partial charge is 0.304 e. The number of hydrogen-bond donors (Lipinski definition) is 1. The van der Waals surface area contributed by atoms with Crippen LogP contribution in [0.15, 0.2) is 24.5 Å². The number of pyridine rings is 1. The lowest BCUT2D eigenvalue weighted by Crippen LogP contribution is -2.23. The van der Waals surface area contributed by atoms with Crippen LogP contribution in [0.2, 0.25) is 0 Å². The fraction of sp³-hybridized carbons (Fsp3) is 0.417. The van der Waals surface area contributed by atoms with Crippen LogP contribution in [-0.4, -0.2) is 16.5 Å². The van der Waals surface area contributed by atoms with Gasteiger partial charge in [0, 0.05) is 29.9 Å². The standard InChI is InChI=1S/C12H16N2O/c1-12(2,3)11(15)8-10(13)9-4-6-14-7-5-9/h4-7,13H,8H2,1-3H3. The molecule has 0 spiro atoms. The van der Waals surface area contributed by atoms with E-state index in [2.05, 4.69) is 4.98 Å². The van der Waals surface area contributed by atoms with Crippen molar-refractivity contribution in [2.45, 2.75) is 27.2 Å². The third kappa shape index (κ3) is 3.27. The van der Waals surface area contributed by atoms with Gasteiger partial charge in [-0.3, -0.25) is 9.78 Å². The van der Waals surface area contributed by atoms with E-state index >= 15 is 0 Å². The monoisotopic (exact) mass is 204 g/mol. The molecule has 0 bridgehead atoms. The summed E-state index contributed by atoms with van der Waals surface area (Å²) in [5.74, 6) is 0.0873. The lowest BCUT2D eigenvalue weighted by atomic mass is 9.87. The van der Waals surface area contributed by atoms with E-state index in [1.165, 1.54) is 0 Å². The average Bonchev–Trinajstić information content (AvgIpc) is 2.17. The summed E-state index contributed by atoms with van der Waals surface area (Å²) in [6.07, 6.45) is 3.45. The summed E-state index contributed by atoms with van der Waals surface area (Å²) in [7, 11) is 0. The van der Waals surface area contributed by atoms with E-state index in [1.54, 1.807) is 24.5 Å². The third-order valence-corrected chi connectivity index (χ3v) is 2.20. The van der Waals surface area contributed by atoms with Crippen molar-refractivity contribution in [1.29, 1.82) is 5.41 Å². The Morgan fingerprint density at radius 3 is 2.33 bits per heavy atom. The second-order valence-corrected chi connectivity index (χ2v) is 4.56. The SMILES string of the molecule is CC(C)(C)C(=O)CC(=N)c1ccncc1. The molecule has 0 saturated carbocycles. The Balaban J connectivity index is 2.70. The van der Waals surface area contributed by atoms with Crippen LogP contribution in [0.5, 0.6) is 0 Å². The Bertz CT molecular complexity index is 363. The maximum Gasteiger partial charge on any atom is 0.144 e. The van der Waals surface area contributed by atoms with Gasteiger partial charge in [0.15, 0.2) is 0 Å². The second kappa shape index (κ2) is 4.34. The van der Waals surface area contributed by atoms with Gasteiger partial charge in [0.25, 0.3) is 0 Å². The van der Waals surface area contributed by atoms with Crippen LogP contribution < -0.4 is 0 Å². The summed E-state index contributed by atoms with van der Waals surface area (Å²) in [6, 6.07) is 3.50. The molecule has 0 atom stereocenters. The number of carbonyl (C=O) groups is 1. The fourth-order valence-electron chi connectivity index (χ4n) is 1.08. The van der Waals surface area contributed by atoms with Gasteiger partial charge in [0.05, 0.1) is 0 Å². The first kappa shape index (κ1) is 11.6. The molecule has 0 radical (unpaired) electrons. The zero-order chi connectivity index (χ0) is 11.5. The third-order valence-electron chi connectivity index (χ3n) is 2.20.